The molecule has 0 unspecified atom stereocenters. The zero-order valence-electron chi connectivity index (χ0n) is 8.53. The van der Waals surface area contributed by atoms with E-state index in [0.29, 0.717) is 0 Å². The third-order valence-electron chi connectivity index (χ3n) is 1.82. The van der Waals surface area contributed by atoms with Crippen LogP contribution in [0.5, 0.6) is 0 Å². The fraction of sp³-hybridized carbons (Fsp3) is 0.375. The van der Waals surface area contributed by atoms with E-state index in [1.807, 2.05) is 0 Å². The van der Waals surface area contributed by atoms with Crippen LogP contribution in [0.4, 0.5) is 0 Å². The smallest absolute Gasteiger partial charge is 0.356 e. The third-order valence-corrected chi connectivity index (χ3v) is 4.22. The van der Waals surface area contributed by atoms with Crippen LogP contribution in [0, 0.1) is 0 Å². The van der Waals surface area contributed by atoms with E-state index in [1.165, 1.54) is 17.8 Å². The van der Waals surface area contributed by atoms with Crippen molar-refractivity contribution in [3.8, 4) is 0 Å². The highest BCUT2D eigenvalue weighted by molar-refractivity contribution is 9.10. The summed E-state index contributed by atoms with van der Waals surface area (Å²) in [6.45, 7) is 1.87. The van der Waals surface area contributed by atoms with Gasteiger partial charge in [-0.2, -0.15) is 0 Å². The number of halogens is 2. The average molecular weight is 331 g/mol. The molecule has 0 amide bonds. The molecule has 0 aromatic carbocycles. The second kappa shape index (κ2) is 4.77. The minimum atomic E-state index is -3.89. The Morgan fingerprint density at radius 1 is 1.62 bits per heavy atom. The summed E-state index contributed by atoms with van der Waals surface area (Å²) in [5, 5.41) is 0. The quantitative estimate of drug-likeness (QED) is 0.627. The largest absolute Gasteiger partial charge is 0.461 e. The second-order valence-corrected chi connectivity index (χ2v) is 6.25. The van der Waals surface area contributed by atoms with Crippen molar-refractivity contribution < 1.29 is 17.9 Å². The zero-order valence-corrected chi connectivity index (χ0v) is 11.7. The lowest BCUT2D eigenvalue weighted by Crippen LogP contribution is -2.09. The van der Waals surface area contributed by atoms with Crippen LogP contribution in [0.3, 0.4) is 0 Å². The number of carbonyl (C=O) groups is 1. The molecule has 0 bridgehead atoms. The molecule has 0 atom stereocenters. The van der Waals surface area contributed by atoms with Crippen LogP contribution in [0.2, 0.25) is 0 Å². The fourth-order valence-electron chi connectivity index (χ4n) is 1.17. The Morgan fingerprint density at radius 3 is 2.56 bits per heavy atom. The van der Waals surface area contributed by atoms with Gasteiger partial charge in [0.2, 0.25) is 0 Å². The van der Waals surface area contributed by atoms with Crippen molar-refractivity contribution in [1.82, 2.24) is 4.57 Å². The molecule has 0 aliphatic heterocycles. The number of rotatable bonds is 3. The van der Waals surface area contributed by atoms with Gasteiger partial charge in [0, 0.05) is 23.9 Å². The van der Waals surface area contributed by atoms with Crippen LogP contribution in [0.15, 0.2) is 15.6 Å². The Hall–Kier alpha value is -0.530. The highest BCUT2D eigenvalue weighted by Crippen LogP contribution is 2.30. The topological polar surface area (TPSA) is 65.4 Å². The first-order valence-corrected chi connectivity index (χ1v) is 7.35. The molecule has 0 saturated carbocycles. The molecule has 5 nitrogen and oxygen atoms in total. The van der Waals surface area contributed by atoms with Crippen LogP contribution < -0.4 is 0 Å². The van der Waals surface area contributed by atoms with E-state index in [2.05, 4.69) is 15.9 Å². The summed E-state index contributed by atoms with van der Waals surface area (Å²) >= 11 is 3.02. The summed E-state index contributed by atoms with van der Waals surface area (Å²) in [5.41, 5.74) is 0.112. The molecule has 0 saturated heterocycles. The molecule has 0 aliphatic rings. The molecule has 8 heteroatoms. The van der Waals surface area contributed by atoms with Gasteiger partial charge in [-0.05, 0) is 22.9 Å². The van der Waals surface area contributed by atoms with Gasteiger partial charge in [0.1, 0.15) is 10.6 Å². The number of carbonyl (C=O) groups excluding carboxylic acids is 1. The molecule has 1 aromatic rings. The van der Waals surface area contributed by atoms with Gasteiger partial charge in [0.05, 0.1) is 11.1 Å². The first-order chi connectivity index (χ1) is 7.29. The lowest BCUT2D eigenvalue weighted by Gasteiger charge is -2.03. The molecule has 0 aliphatic carbocycles. The Morgan fingerprint density at radius 2 is 2.19 bits per heavy atom. The van der Waals surface area contributed by atoms with Crippen molar-refractivity contribution in [2.45, 2.75) is 11.8 Å². The van der Waals surface area contributed by atoms with E-state index in [1.54, 1.807) is 6.92 Å². The van der Waals surface area contributed by atoms with Gasteiger partial charge in [0.25, 0.3) is 9.05 Å². The Labute approximate surface area is 106 Å². The van der Waals surface area contributed by atoms with Gasteiger partial charge in [-0.1, -0.05) is 0 Å². The van der Waals surface area contributed by atoms with Crippen LogP contribution in [-0.2, 0) is 20.8 Å². The predicted octanol–water partition coefficient (Wildman–Crippen LogP) is 1.89. The van der Waals surface area contributed by atoms with Crippen LogP contribution >= 0.6 is 26.6 Å². The molecular weight excluding hydrogens is 322 g/mol. The van der Waals surface area contributed by atoms with E-state index in [9.17, 15) is 13.2 Å². The van der Waals surface area contributed by atoms with Gasteiger partial charge in [-0.25, -0.2) is 13.2 Å². The maximum atomic E-state index is 11.5. The molecule has 1 heterocycles. The number of hydrogen-bond donors (Lipinski definition) is 0. The molecular formula is C8H9BrClNO4S. The number of hydrogen-bond acceptors (Lipinski definition) is 4. The first kappa shape index (κ1) is 13.5. The van der Waals surface area contributed by atoms with Crippen molar-refractivity contribution in [2.24, 2.45) is 7.05 Å². The number of aryl methyl sites for hydroxylation is 1. The molecule has 0 spiro atoms. The molecule has 1 aromatic heterocycles. The minimum absolute atomic E-state index is 0.112. The van der Waals surface area contributed by atoms with Gasteiger partial charge >= 0.3 is 5.97 Å². The Kier molecular flexibility index (Phi) is 4.03. The fourth-order valence-corrected chi connectivity index (χ4v) is 3.58. The summed E-state index contributed by atoms with van der Waals surface area (Å²) in [4.78, 5) is 11.4. The maximum absolute atomic E-state index is 11.5. The predicted molar refractivity (Wildman–Crippen MR) is 62.1 cm³/mol. The Balaban J connectivity index is 3.34. The molecule has 0 fully saturated rings. The molecule has 0 N–H and O–H groups in total. The van der Waals surface area contributed by atoms with Crippen molar-refractivity contribution in [3.05, 3.63) is 16.4 Å². The first-order valence-electron chi connectivity index (χ1n) is 4.25. The lowest BCUT2D eigenvalue weighted by molar-refractivity contribution is 0.0514. The highest BCUT2D eigenvalue weighted by atomic mass is 79.9. The molecule has 16 heavy (non-hydrogen) atoms. The summed E-state index contributed by atoms with van der Waals surface area (Å²) in [6.07, 6.45) is 1.25. The van der Waals surface area contributed by atoms with Gasteiger partial charge in [-0.3, -0.25) is 0 Å². The van der Waals surface area contributed by atoms with E-state index in [4.69, 9.17) is 15.4 Å². The normalized spacial score (nSPS) is 11.5. The summed E-state index contributed by atoms with van der Waals surface area (Å²) in [5.74, 6) is -0.608. The molecule has 1 rings (SSSR count). The van der Waals surface area contributed by atoms with E-state index >= 15 is 0 Å². The highest BCUT2D eigenvalue weighted by Gasteiger charge is 2.25. The number of nitrogens with zero attached hydrogens (tertiary/aromatic N) is 1. The second-order valence-electron chi connectivity index (χ2n) is 2.93. The summed E-state index contributed by atoms with van der Waals surface area (Å²) < 4.78 is 28.6. The number of aromatic nitrogens is 1. The van der Waals surface area contributed by atoms with E-state index in [0.717, 1.165) is 0 Å². The number of ether oxygens (including phenoxy) is 1. The van der Waals surface area contributed by atoms with Crippen molar-refractivity contribution in [1.29, 1.82) is 0 Å². The standard InChI is InChI=1S/C8H9BrClNO4S/c1-3-15-8(12)7-6(9)5(4-11(7)2)16(10,13)14/h4H,3H2,1-2H3. The van der Waals surface area contributed by atoms with Gasteiger partial charge in [-0.15, -0.1) is 0 Å². The lowest BCUT2D eigenvalue weighted by atomic mass is 10.4. The van der Waals surface area contributed by atoms with E-state index < -0.39 is 15.0 Å². The minimum Gasteiger partial charge on any atom is -0.461 e. The van der Waals surface area contributed by atoms with Crippen LogP contribution in [-0.4, -0.2) is 25.6 Å². The van der Waals surface area contributed by atoms with Gasteiger partial charge in [0.15, 0.2) is 0 Å². The summed E-state index contributed by atoms with van der Waals surface area (Å²) in [6, 6.07) is 0. The molecule has 0 radical (unpaired) electrons. The summed E-state index contributed by atoms with van der Waals surface area (Å²) in [7, 11) is 2.85. The monoisotopic (exact) mass is 329 g/mol. The van der Waals surface area contributed by atoms with E-state index in [-0.39, 0.29) is 21.7 Å². The third kappa shape index (κ3) is 2.58. The average Bonchev–Trinajstić information content (AvgIpc) is 2.41. The maximum Gasteiger partial charge on any atom is 0.356 e. The molecule has 90 valence electrons. The van der Waals surface area contributed by atoms with Crippen LogP contribution in [0.1, 0.15) is 17.4 Å². The SMILES string of the molecule is CCOC(=O)c1c(Br)c(S(=O)(=O)Cl)cn1C. The Bertz CT molecular complexity index is 522. The van der Waals surface area contributed by atoms with Crippen molar-refractivity contribution in [3.63, 3.8) is 0 Å². The van der Waals surface area contributed by atoms with Gasteiger partial charge < -0.3 is 9.30 Å². The zero-order chi connectivity index (χ0) is 12.5. The number of esters is 1. The van der Waals surface area contributed by atoms with Crippen LogP contribution in [0.25, 0.3) is 0 Å². The van der Waals surface area contributed by atoms with Crippen molar-refractivity contribution >= 4 is 41.6 Å². The van der Waals surface area contributed by atoms with Crippen molar-refractivity contribution in [2.75, 3.05) is 6.61 Å².